The Morgan fingerprint density at radius 2 is 2.00 bits per heavy atom. The lowest BCUT2D eigenvalue weighted by atomic mass is 9.80. The summed E-state index contributed by atoms with van der Waals surface area (Å²) in [5.74, 6) is 0.570. The van der Waals surface area contributed by atoms with Crippen molar-refractivity contribution in [3.8, 4) is 23.1 Å². The second-order valence-corrected chi connectivity index (χ2v) is 6.11. The van der Waals surface area contributed by atoms with E-state index in [1.54, 1.807) is 18.2 Å². The summed E-state index contributed by atoms with van der Waals surface area (Å²) in [6.45, 7) is 0. The SMILES string of the molecule is Cl.N#Cc1c(C2CCCC(N)C2)cc(-c2ccccc2O)nc1N. The molecule has 2 aromatic rings. The molecule has 1 aliphatic carbocycles. The quantitative estimate of drug-likeness (QED) is 0.774. The molecule has 0 radical (unpaired) electrons. The molecule has 1 fully saturated rings. The summed E-state index contributed by atoms with van der Waals surface area (Å²) in [6.07, 6.45) is 3.90. The Morgan fingerprint density at radius 3 is 2.67 bits per heavy atom. The molecule has 2 unspecified atom stereocenters. The van der Waals surface area contributed by atoms with Crippen molar-refractivity contribution in [2.24, 2.45) is 5.73 Å². The lowest BCUT2D eigenvalue weighted by molar-refractivity contribution is 0.393. The number of hydrogen-bond acceptors (Lipinski definition) is 5. The molecule has 0 aliphatic heterocycles. The standard InChI is InChI=1S/C18H20N4O.ClH/c19-10-15-14(11-4-3-5-12(20)8-11)9-16(22-18(15)21)13-6-1-2-7-17(13)23;/h1-2,6-7,9,11-12,23H,3-5,8,20H2,(H2,21,22);1H. The van der Waals surface area contributed by atoms with Gasteiger partial charge in [0.05, 0.1) is 11.3 Å². The maximum atomic E-state index is 10.1. The van der Waals surface area contributed by atoms with E-state index in [2.05, 4.69) is 11.1 Å². The van der Waals surface area contributed by atoms with Crippen LogP contribution in [-0.4, -0.2) is 16.1 Å². The van der Waals surface area contributed by atoms with E-state index in [0.717, 1.165) is 31.2 Å². The molecule has 3 rings (SSSR count). The maximum Gasteiger partial charge on any atom is 0.142 e. The van der Waals surface area contributed by atoms with E-state index in [1.165, 1.54) is 0 Å². The number of rotatable bonds is 2. The van der Waals surface area contributed by atoms with Gasteiger partial charge in [-0.2, -0.15) is 5.26 Å². The van der Waals surface area contributed by atoms with Crippen LogP contribution >= 0.6 is 12.4 Å². The Labute approximate surface area is 147 Å². The molecule has 1 saturated carbocycles. The number of aromatic nitrogens is 1. The summed E-state index contributed by atoms with van der Waals surface area (Å²) in [4.78, 5) is 4.31. The van der Waals surface area contributed by atoms with Gasteiger partial charge in [0.25, 0.3) is 0 Å². The van der Waals surface area contributed by atoms with Crippen molar-refractivity contribution in [3.05, 3.63) is 41.5 Å². The largest absolute Gasteiger partial charge is 0.507 e. The van der Waals surface area contributed by atoms with Crippen molar-refractivity contribution in [3.63, 3.8) is 0 Å². The molecule has 0 bridgehead atoms. The maximum absolute atomic E-state index is 10.1. The van der Waals surface area contributed by atoms with Gasteiger partial charge < -0.3 is 16.6 Å². The van der Waals surface area contributed by atoms with Crippen LogP contribution in [0.3, 0.4) is 0 Å². The number of nitrogens with zero attached hydrogens (tertiary/aromatic N) is 2. The number of nitrogens with two attached hydrogens (primary N) is 2. The van der Waals surface area contributed by atoms with Gasteiger partial charge in [0.1, 0.15) is 17.6 Å². The van der Waals surface area contributed by atoms with Crippen molar-refractivity contribution >= 4 is 18.2 Å². The van der Waals surface area contributed by atoms with Crippen LogP contribution in [0, 0.1) is 11.3 Å². The molecule has 1 aromatic heterocycles. The normalized spacial score (nSPS) is 20.0. The number of phenolic OH excluding ortho intramolecular Hbond substituents is 1. The third-order valence-electron chi connectivity index (χ3n) is 4.52. The molecule has 1 heterocycles. The van der Waals surface area contributed by atoms with Gasteiger partial charge in [0.15, 0.2) is 0 Å². The zero-order valence-corrected chi connectivity index (χ0v) is 14.1. The minimum Gasteiger partial charge on any atom is -0.507 e. The van der Waals surface area contributed by atoms with Crippen LogP contribution in [-0.2, 0) is 0 Å². The van der Waals surface area contributed by atoms with E-state index in [9.17, 15) is 10.4 Å². The third kappa shape index (κ3) is 3.45. The Morgan fingerprint density at radius 1 is 1.25 bits per heavy atom. The van der Waals surface area contributed by atoms with Gasteiger partial charge in [-0.1, -0.05) is 18.6 Å². The van der Waals surface area contributed by atoms with Crippen LogP contribution in [0.2, 0.25) is 0 Å². The van der Waals surface area contributed by atoms with Crippen LogP contribution in [0.25, 0.3) is 11.3 Å². The lowest BCUT2D eigenvalue weighted by Gasteiger charge is -2.28. The Bertz CT molecular complexity index is 772. The third-order valence-corrected chi connectivity index (χ3v) is 4.52. The number of phenols is 1. The lowest BCUT2D eigenvalue weighted by Crippen LogP contribution is -2.27. The van der Waals surface area contributed by atoms with Gasteiger partial charge in [-0.05, 0) is 48.9 Å². The second-order valence-electron chi connectivity index (χ2n) is 6.11. The molecule has 0 amide bonds. The van der Waals surface area contributed by atoms with Gasteiger partial charge >= 0.3 is 0 Å². The molecule has 0 spiro atoms. The van der Waals surface area contributed by atoms with Gasteiger partial charge in [0.2, 0.25) is 0 Å². The number of benzene rings is 1. The molecule has 0 saturated heterocycles. The predicted molar refractivity (Wildman–Crippen MR) is 96.9 cm³/mol. The topological polar surface area (TPSA) is 109 Å². The first-order valence-corrected chi connectivity index (χ1v) is 7.84. The minimum absolute atomic E-state index is 0. The highest BCUT2D eigenvalue weighted by Crippen LogP contribution is 2.38. The fourth-order valence-electron chi connectivity index (χ4n) is 3.37. The first-order chi connectivity index (χ1) is 11.1. The molecule has 126 valence electrons. The van der Waals surface area contributed by atoms with Gasteiger partial charge in [-0.25, -0.2) is 4.98 Å². The first kappa shape index (κ1) is 18.1. The highest BCUT2D eigenvalue weighted by molar-refractivity contribution is 5.85. The summed E-state index contributed by atoms with van der Waals surface area (Å²) in [7, 11) is 0. The van der Waals surface area contributed by atoms with Gasteiger partial charge in [-0.15, -0.1) is 12.4 Å². The fraction of sp³-hybridized carbons (Fsp3) is 0.333. The number of halogens is 1. The number of hydrogen-bond donors (Lipinski definition) is 3. The first-order valence-electron chi connectivity index (χ1n) is 7.84. The Balaban J connectivity index is 0.00000208. The van der Waals surface area contributed by atoms with Gasteiger partial charge in [-0.3, -0.25) is 0 Å². The van der Waals surface area contributed by atoms with Crippen LogP contribution in [0.15, 0.2) is 30.3 Å². The molecule has 6 heteroatoms. The van der Waals surface area contributed by atoms with E-state index in [0.29, 0.717) is 16.8 Å². The number of anilines is 1. The highest BCUT2D eigenvalue weighted by Gasteiger charge is 2.25. The van der Waals surface area contributed by atoms with Crippen molar-refractivity contribution in [2.45, 2.75) is 37.6 Å². The monoisotopic (exact) mass is 344 g/mol. The molecule has 1 aliphatic rings. The summed E-state index contributed by atoms with van der Waals surface area (Å²) in [5.41, 5.74) is 14.6. The smallest absolute Gasteiger partial charge is 0.142 e. The Hall–Kier alpha value is -2.29. The van der Waals surface area contributed by atoms with Crippen molar-refractivity contribution in [1.82, 2.24) is 4.98 Å². The average Bonchev–Trinajstić information content (AvgIpc) is 2.54. The number of nitriles is 1. The molecule has 2 atom stereocenters. The van der Waals surface area contributed by atoms with Crippen LogP contribution in [0.5, 0.6) is 5.75 Å². The van der Waals surface area contributed by atoms with E-state index >= 15 is 0 Å². The average molecular weight is 345 g/mol. The predicted octanol–water partition coefficient (Wildman–Crippen LogP) is 3.31. The van der Waals surface area contributed by atoms with Crippen molar-refractivity contribution < 1.29 is 5.11 Å². The molecule has 5 N–H and O–H groups in total. The molecular formula is C18H21ClN4O. The summed E-state index contributed by atoms with van der Waals surface area (Å²) < 4.78 is 0. The second kappa shape index (κ2) is 7.52. The summed E-state index contributed by atoms with van der Waals surface area (Å²) in [5, 5.41) is 19.5. The number of aromatic hydroxyl groups is 1. The van der Waals surface area contributed by atoms with Crippen LogP contribution < -0.4 is 11.5 Å². The summed E-state index contributed by atoms with van der Waals surface area (Å²) in [6, 6.07) is 11.2. The van der Waals surface area contributed by atoms with E-state index in [-0.39, 0.29) is 35.9 Å². The van der Waals surface area contributed by atoms with Crippen LogP contribution in [0.4, 0.5) is 5.82 Å². The summed E-state index contributed by atoms with van der Waals surface area (Å²) >= 11 is 0. The zero-order chi connectivity index (χ0) is 16.4. The minimum atomic E-state index is 0. The number of nitrogen functional groups attached to an aromatic ring is 1. The van der Waals surface area contributed by atoms with Crippen molar-refractivity contribution in [1.29, 1.82) is 5.26 Å². The highest BCUT2D eigenvalue weighted by atomic mass is 35.5. The van der Waals surface area contributed by atoms with Gasteiger partial charge in [0, 0.05) is 11.6 Å². The van der Waals surface area contributed by atoms with Crippen molar-refractivity contribution in [2.75, 3.05) is 5.73 Å². The van der Waals surface area contributed by atoms with E-state index < -0.39 is 0 Å². The molecular weight excluding hydrogens is 324 g/mol. The van der Waals surface area contributed by atoms with E-state index in [1.807, 2.05) is 12.1 Å². The van der Waals surface area contributed by atoms with E-state index in [4.69, 9.17) is 11.5 Å². The molecule has 5 nitrogen and oxygen atoms in total. The zero-order valence-electron chi connectivity index (χ0n) is 13.3. The number of pyridine rings is 1. The Kier molecular flexibility index (Phi) is 5.66. The van der Waals surface area contributed by atoms with Crippen LogP contribution in [0.1, 0.15) is 42.7 Å². The fourth-order valence-corrected chi connectivity index (χ4v) is 3.37. The number of para-hydroxylation sites is 1. The molecule has 1 aromatic carbocycles. The molecule has 24 heavy (non-hydrogen) atoms.